The Morgan fingerprint density at radius 3 is 2.33 bits per heavy atom. The van der Waals surface area contributed by atoms with Crippen LogP contribution in [0.4, 0.5) is 18.9 Å². The van der Waals surface area contributed by atoms with Crippen LogP contribution in [0.1, 0.15) is 33.9 Å². The van der Waals surface area contributed by atoms with Gasteiger partial charge in [-0.05, 0) is 29.8 Å². The fraction of sp³-hybridized carbons (Fsp3) is 0.188. The Morgan fingerprint density at radius 2 is 1.67 bits per heavy atom. The first-order valence-corrected chi connectivity index (χ1v) is 6.51. The SMILES string of the molecule is O=C1CC(c2ccc(C(F)(F)F)cc2)Nc2ccccc21. The molecule has 1 aliphatic rings. The Morgan fingerprint density at radius 1 is 1.00 bits per heavy atom. The van der Waals surface area contributed by atoms with Crippen LogP contribution in [0.2, 0.25) is 0 Å². The van der Waals surface area contributed by atoms with E-state index in [2.05, 4.69) is 5.32 Å². The zero-order valence-electron chi connectivity index (χ0n) is 10.9. The minimum absolute atomic E-state index is 0.00533. The summed E-state index contributed by atoms with van der Waals surface area (Å²) >= 11 is 0. The molecular formula is C16H12F3NO. The number of carbonyl (C=O) groups is 1. The van der Waals surface area contributed by atoms with E-state index < -0.39 is 11.7 Å². The van der Waals surface area contributed by atoms with Crippen molar-refractivity contribution in [2.24, 2.45) is 0 Å². The summed E-state index contributed by atoms with van der Waals surface area (Å²) in [5.74, 6) is -0.00533. The molecule has 0 amide bonds. The second-order valence-corrected chi connectivity index (χ2v) is 4.99. The van der Waals surface area contributed by atoms with Crippen molar-refractivity contribution in [3.8, 4) is 0 Å². The number of anilines is 1. The highest BCUT2D eigenvalue weighted by Crippen LogP contribution is 2.34. The molecule has 0 aliphatic carbocycles. The number of rotatable bonds is 1. The van der Waals surface area contributed by atoms with Crippen LogP contribution < -0.4 is 5.32 Å². The second kappa shape index (κ2) is 4.91. The topological polar surface area (TPSA) is 29.1 Å². The maximum Gasteiger partial charge on any atom is 0.416 e. The predicted molar refractivity (Wildman–Crippen MR) is 73.2 cm³/mol. The van der Waals surface area contributed by atoms with Crippen LogP contribution in [0.3, 0.4) is 0 Å². The van der Waals surface area contributed by atoms with E-state index in [1.807, 2.05) is 6.07 Å². The van der Waals surface area contributed by atoms with E-state index in [1.54, 1.807) is 18.2 Å². The lowest BCUT2D eigenvalue weighted by atomic mass is 9.92. The van der Waals surface area contributed by atoms with Gasteiger partial charge in [0, 0.05) is 17.7 Å². The van der Waals surface area contributed by atoms with E-state index in [0.29, 0.717) is 11.1 Å². The van der Waals surface area contributed by atoms with Crippen LogP contribution in [0.15, 0.2) is 48.5 Å². The average Bonchev–Trinajstić information content (AvgIpc) is 2.46. The second-order valence-electron chi connectivity index (χ2n) is 4.99. The van der Waals surface area contributed by atoms with E-state index in [9.17, 15) is 18.0 Å². The van der Waals surface area contributed by atoms with Gasteiger partial charge in [-0.1, -0.05) is 24.3 Å². The zero-order valence-corrected chi connectivity index (χ0v) is 10.9. The van der Waals surface area contributed by atoms with Gasteiger partial charge >= 0.3 is 6.18 Å². The number of hydrogen-bond donors (Lipinski definition) is 1. The molecule has 1 unspecified atom stereocenters. The zero-order chi connectivity index (χ0) is 15.0. The number of nitrogens with one attached hydrogen (secondary N) is 1. The molecule has 1 heterocycles. The number of hydrogen-bond acceptors (Lipinski definition) is 2. The maximum absolute atomic E-state index is 12.6. The number of carbonyl (C=O) groups excluding carboxylic acids is 1. The van der Waals surface area contributed by atoms with Crippen LogP contribution in [0.5, 0.6) is 0 Å². The molecule has 1 aliphatic heterocycles. The lowest BCUT2D eigenvalue weighted by Crippen LogP contribution is -2.22. The van der Waals surface area contributed by atoms with Gasteiger partial charge < -0.3 is 5.32 Å². The first-order chi connectivity index (χ1) is 9.95. The van der Waals surface area contributed by atoms with E-state index >= 15 is 0 Å². The van der Waals surface area contributed by atoms with Crippen molar-refractivity contribution in [2.45, 2.75) is 18.6 Å². The van der Waals surface area contributed by atoms with Crippen LogP contribution in [-0.2, 0) is 6.18 Å². The first kappa shape index (κ1) is 13.7. The summed E-state index contributed by atoms with van der Waals surface area (Å²) in [6, 6.07) is 11.8. The minimum Gasteiger partial charge on any atom is -0.377 e. The molecule has 0 fully saturated rings. The van der Waals surface area contributed by atoms with Crippen molar-refractivity contribution in [2.75, 3.05) is 5.32 Å². The van der Waals surface area contributed by atoms with Crippen molar-refractivity contribution < 1.29 is 18.0 Å². The monoisotopic (exact) mass is 291 g/mol. The molecular weight excluding hydrogens is 279 g/mol. The Kier molecular flexibility index (Phi) is 3.20. The Hall–Kier alpha value is -2.30. The van der Waals surface area contributed by atoms with Crippen LogP contribution in [-0.4, -0.2) is 5.78 Å². The van der Waals surface area contributed by atoms with Gasteiger partial charge in [-0.2, -0.15) is 13.2 Å². The third-order valence-electron chi connectivity index (χ3n) is 3.59. The summed E-state index contributed by atoms with van der Waals surface area (Å²) in [6.45, 7) is 0. The maximum atomic E-state index is 12.6. The predicted octanol–water partition coefficient (Wildman–Crippen LogP) is 4.45. The summed E-state index contributed by atoms with van der Waals surface area (Å²) in [4.78, 5) is 12.1. The van der Waals surface area contributed by atoms with Crippen molar-refractivity contribution in [3.63, 3.8) is 0 Å². The van der Waals surface area contributed by atoms with Gasteiger partial charge in [0.1, 0.15) is 0 Å². The molecule has 1 atom stereocenters. The number of ketones is 1. The number of para-hydroxylation sites is 1. The fourth-order valence-electron chi connectivity index (χ4n) is 2.49. The van der Waals surface area contributed by atoms with Gasteiger partial charge in [-0.25, -0.2) is 0 Å². The smallest absolute Gasteiger partial charge is 0.377 e. The van der Waals surface area contributed by atoms with Crippen LogP contribution in [0.25, 0.3) is 0 Å². The van der Waals surface area contributed by atoms with E-state index in [4.69, 9.17) is 0 Å². The number of Topliss-reactive ketones (excluding diaryl/α,β-unsaturated/α-hetero) is 1. The molecule has 1 N–H and O–H groups in total. The molecule has 5 heteroatoms. The van der Waals surface area contributed by atoms with Crippen LogP contribution in [0, 0.1) is 0 Å². The molecule has 0 spiro atoms. The molecule has 0 saturated carbocycles. The third kappa shape index (κ3) is 2.63. The van der Waals surface area contributed by atoms with Gasteiger partial charge in [-0.3, -0.25) is 4.79 Å². The highest BCUT2D eigenvalue weighted by molar-refractivity contribution is 6.03. The summed E-state index contributed by atoms with van der Waals surface area (Å²) in [6.07, 6.45) is -4.11. The number of alkyl halides is 3. The largest absolute Gasteiger partial charge is 0.416 e. The summed E-state index contributed by atoms with van der Waals surface area (Å²) in [5.41, 5.74) is 1.33. The van der Waals surface area contributed by atoms with Gasteiger partial charge in [0.15, 0.2) is 5.78 Å². The van der Waals surface area contributed by atoms with Crippen molar-refractivity contribution in [3.05, 3.63) is 65.2 Å². The first-order valence-electron chi connectivity index (χ1n) is 6.51. The highest BCUT2D eigenvalue weighted by atomic mass is 19.4. The van der Waals surface area contributed by atoms with E-state index in [1.165, 1.54) is 12.1 Å². The quantitative estimate of drug-likeness (QED) is 0.841. The minimum atomic E-state index is -4.35. The summed E-state index contributed by atoms with van der Waals surface area (Å²) in [5, 5.41) is 3.20. The van der Waals surface area contributed by atoms with Crippen molar-refractivity contribution >= 4 is 11.5 Å². The van der Waals surface area contributed by atoms with Gasteiger partial charge in [0.2, 0.25) is 0 Å². The fourth-order valence-corrected chi connectivity index (χ4v) is 2.49. The molecule has 2 nitrogen and oxygen atoms in total. The van der Waals surface area contributed by atoms with Crippen molar-refractivity contribution in [1.82, 2.24) is 0 Å². The van der Waals surface area contributed by atoms with Crippen molar-refractivity contribution in [1.29, 1.82) is 0 Å². The van der Waals surface area contributed by atoms with E-state index in [0.717, 1.165) is 17.8 Å². The molecule has 0 radical (unpaired) electrons. The normalized spacial score (nSPS) is 18.0. The standard InChI is InChI=1S/C16H12F3NO/c17-16(18,19)11-7-5-10(6-8-11)14-9-15(21)12-3-1-2-4-13(12)20-14/h1-8,14,20H,9H2. The molecule has 0 saturated heterocycles. The number of benzene rings is 2. The Bertz CT molecular complexity index is 677. The molecule has 0 bridgehead atoms. The Balaban J connectivity index is 1.88. The lowest BCUT2D eigenvalue weighted by Gasteiger charge is -2.26. The average molecular weight is 291 g/mol. The van der Waals surface area contributed by atoms with Gasteiger partial charge in [-0.15, -0.1) is 0 Å². The molecule has 2 aromatic rings. The van der Waals surface area contributed by atoms with Gasteiger partial charge in [0.05, 0.1) is 11.6 Å². The molecule has 0 aromatic heterocycles. The number of halogens is 3. The summed E-state index contributed by atoms with van der Waals surface area (Å²) in [7, 11) is 0. The van der Waals surface area contributed by atoms with Gasteiger partial charge in [0.25, 0.3) is 0 Å². The molecule has 3 rings (SSSR count). The molecule has 21 heavy (non-hydrogen) atoms. The molecule has 108 valence electrons. The summed E-state index contributed by atoms with van der Waals surface area (Å²) < 4.78 is 37.7. The third-order valence-corrected chi connectivity index (χ3v) is 3.59. The number of fused-ring (bicyclic) bond motifs is 1. The molecule has 2 aromatic carbocycles. The highest BCUT2D eigenvalue weighted by Gasteiger charge is 2.31. The van der Waals surface area contributed by atoms with E-state index in [-0.39, 0.29) is 18.2 Å². The van der Waals surface area contributed by atoms with Crippen LogP contribution >= 0.6 is 0 Å². The lowest BCUT2D eigenvalue weighted by molar-refractivity contribution is -0.137. The Labute approximate surface area is 119 Å².